The first-order valence-electron chi connectivity index (χ1n) is 7.77. The number of nitrogens with one attached hydrogen (secondary N) is 2. The summed E-state index contributed by atoms with van der Waals surface area (Å²) in [4.78, 5) is 19.1. The SMILES string of the molecule is C/C=C\N1C=C(C(=O)NOC)C(Nc2ccc(Br)cc2F)=C(C)C1C. The highest BCUT2D eigenvalue weighted by molar-refractivity contribution is 9.10. The first-order chi connectivity index (χ1) is 11.9. The second kappa shape index (κ2) is 8.31. The molecule has 134 valence electrons. The maximum atomic E-state index is 14.2. The van der Waals surface area contributed by atoms with Crippen LogP contribution in [-0.2, 0) is 9.63 Å². The van der Waals surface area contributed by atoms with Gasteiger partial charge in [-0.05, 0) is 50.7 Å². The summed E-state index contributed by atoms with van der Waals surface area (Å²) in [6.45, 7) is 5.82. The topological polar surface area (TPSA) is 53.6 Å². The molecule has 0 saturated carbocycles. The van der Waals surface area contributed by atoms with Crippen molar-refractivity contribution in [3.63, 3.8) is 0 Å². The lowest BCUT2D eigenvalue weighted by Crippen LogP contribution is -2.36. The molecule has 1 aliphatic heterocycles. The number of hydrogen-bond acceptors (Lipinski definition) is 4. The molecule has 1 aromatic carbocycles. The lowest BCUT2D eigenvalue weighted by Gasteiger charge is -2.33. The van der Waals surface area contributed by atoms with Crippen molar-refractivity contribution >= 4 is 27.5 Å². The average molecular weight is 410 g/mol. The fraction of sp³-hybridized carbons (Fsp3) is 0.278. The molecular formula is C18H21BrFN3O2. The van der Waals surface area contributed by atoms with Crippen LogP contribution in [0.1, 0.15) is 20.8 Å². The van der Waals surface area contributed by atoms with Gasteiger partial charge in [-0.3, -0.25) is 9.63 Å². The van der Waals surface area contributed by atoms with Crippen LogP contribution in [0.4, 0.5) is 10.1 Å². The van der Waals surface area contributed by atoms with E-state index in [2.05, 4.69) is 26.7 Å². The van der Waals surface area contributed by atoms with Crippen molar-refractivity contribution in [1.82, 2.24) is 10.4 Å². The van der Waals surface area contributed by atoms with Gasteiger partial charge >= 0.3 is 0 Å². The van der Waals surface area contributed by atoms with Gasteiger partial charge in [-0.15, -0.1) is 0 Å². The maximum Gasteiger partial charge on any atom is 0.278 e. The molecule has 1 atom stereocenters. The molecule has 0 fully saturated rings. The Labute approximate surface area is 155 Å². The Morgan fingerprint density at radius 1 is 1.44 bits per heavy atom. The minimum absolute atomic E-state index is 0.0105. The molecule has 1 unspecified atom stereocenters. The number of allylic oxidation sites excluding steroid dienone is 1. The summed E-state index contributed by atoms with van der Waals surface area (Å²) in [5, 5.41) is 3.06. The molecule has 1 heterocycles. The molecule has 7 heteroatoms. The van der Waals surface area contributed by atoms with E-state index in [1.807, 2.05) is 37.9 Å². The van der Waals surface area contributed by atoms with E-state index in [0.717, 1.165) is 5.57 Å². The molecule has 1 aromatic rings. The lowest BCUT2D eigenvalue weighted by atomic mass is 9.97. The van der Waals surface area contributed by atoms with Crippen LogP contribution in [0.15, 0.2) is 58.0 Å². The highest BCUT2D eigenvalue weighted by Crippen LogP contribution is 2.30. The van der Waals surface area contributed by atoms with Crippen LogP contribution in [0.25, 0.3) is 0 Å². The molecule has 1 amide bonds. The fourth-order valence-electron chi connectivity index (χ4n) is 2.53. The summed E-state index contributed by atoms with van der Waals surface area (Å²) >= 11 is 3.24. The Hall–Kier alpha value is -2.12. The number of hydroxylamine groups is 1. The Kier molecular flexibility index (Phi) is 6.39. The van der Waals surface area contributed by atoms with E-state index in [-0.39, 0.29) is 6.04 Å². The van der Waals surface area contributed by atoms with E-state index >= 15 is 0 Å². The summed E-state index contributed by atoms with van der Waals surface area (Å²) in [5.74, 6) is -0.826. The normalized spacial score (nSPS) is 17.8. The Bertz CT molecular complexity index is 759. The molecule has 2 N–H and O–H groups in total. The summed E-state index contributed by atoms with van der Waals surface area (Å²) in [5.41, 5.74) is 4.44. The van der Waals surface area contributed by atoms with E-state index in [1.54, 1.807) is 18.3 Å². The largest absolute Gasteiger partial charge is 0.352 e. The number of carbonyl (C=O) groups is 1. The highest BCUT2D eigenvalue weighted by atomic mass is 79.9. The van der Waals surface area contributed by atoms with Gasteiger partial charge in [-0.25, -0.2) is 9.87 Å². The van der Waals surface area contributed by atoms with Crippen molar-refractivity contribution in [2.24, 2.45) is 0 Å². The summed E-state index contributed by atoms with van der Waals surface area (Å²) in [7, 11) is 1.37. The van der Waals surface area contributed by atoms with Crippen molar-refractivity contribution in [2.75, 3.05) is 12.4 Å². The molecular weight excluding hydrogens is 389 g/mol. The molecule has 2 rings (SSSR count). The zero-order valence-corrected chi connectivity index (χ0v) is 16.1. The maximum absolute atomic E-state index is 14.2. The van der Waals surface area contributed by atoms with Crippen LogP contribution in [0, 0.1) is 5.82 Å². The van der Waals surface area contributed by atoms with Gasteiger partial charge in [-0.1, -0.05) is 22.0 Å². The van der Waals surface area contributed by atoms with Crippen molar-refractivity contribution in [3.05, 3.63) is 63.8 Å². The van der Waals surface area contributed by atoms with Crippen molar-refractivity contribution < 1.29 is 14.0 Å². The third kappa shape index (κ3) is 4.29. The van der Waals surface area contributed by atoms with Crippen LogP contribution in [0.2, 0.25) is 0 Å². The minimum Gasteiger partial charge on any atom is -0.352 e. The third-order valence-electron chi connectivity index (χ3n) is 3.97. The molecule has 0 bridgehead atoms. The van der Waals surface area contributed by atoms with Crippen LogP contribution in [-0.4, -0.2) is 24.0 Å². The smallest absolute Gasteiger partial charge is 0.278 e. The summed E-state index contributed by atoms with van der Waals surface area (Å²) in [6, 6.07) is 4.73. The van der Waals surface area contributed by atoms with Crippen LogP contribution < -0.4 is 10.8 Å². The van der Waals surface area contributed by atoms with Gasteiger partial charge in [0.1, 0.15) is 5.82 Å². The molecule has 25 heavy (non-hydrogen) atoms. The number of nitrogens with zero attached hydrogens (tertiary/aromatic N) is 1. The second-order valence-corrected chi connectivity index (χ2v) is 6.51. The number of halogens is 2. The first kappa shape index (κ1) is 19.2. The van der Waals surface area contributed by atoms with Crippen molar-refractivity contribution in [2.45, 2.75) is 26.8 Å². The third-order valence-corrected chi connectivity index (χ3v) is 4.46. The van der Waals surface area contributed by atoms with E-state index in [1.165, 1.54) is 13.2 Å². The van der Waals surface area contributed by atoms with Gasteiger partial charge in [0.15, 0.2) is 0 Å². The highest BCUT2D eigenvalue weighted by Gasteiger charge is 2.27. The number of amides is 1. The monoisotopic (exact) mass is 409 g/mol. The predicted octanol–water partition coefficient (Wildman–Crippen LogP) is 4.07. The van der Waals surface area contributed by atoms with E-state index in [4.69, 9.17) is 4.84 Å². The molecule has 0 spiro atoms. The van der Waals surface area contributed by atoms with Crippen LogP contribution >= 0.6 is 15.9 Å². The summed E-state index contributed by atoms with van der Waals surface area (Å²) in [6.07, 6.45) is 5.48. The van der Waals surface area contributed by atoms with Gasteiger partial charge in [0, 0.05) is 10.7 Å². The Balaban J connectivity index is 2.46. The van der Waals surface area contributed by atoms with E-state index < -0.39 is 11.7 Å². The van der Waals surface area contributed by atoms with E-state index in [0.29, 0.717) is 21.4 Å². The molecule has 0 aliphatic carbocycles. The molecule has 0 radical (unpaired) electrons. The Morgan fingerprint density at radius 2 is 2.16 bits per heavy atom. The second-order valence-electron chi connectivity index (χ2n) is 5.59. The van der Waals surface area contributed by atoms with Gasteiger partial charge in [0.25, 0.3) is 5.91 Å². The van der Waals surface area contributed by atoms with Gasteiger partial charge < -0.3 is 10.2 Å². The Morgan fingerprint density at radius 3 is 2.76 bits per heavy atom. The fourth-order valence-corrected chi connectivity index (χ4v) is 2.86. The molecule has 0 aromatic heterocycles. The zero-order valence-electron chi connectivity index (χ0n) is 14.6. The average Bonchev–Trinajstić information content (AvgIpc) is 2.56. The van der Waals surface area contributed by atoms with Gasteiger partial charge in [-0.2, -0.15) is 0 Å². The van der Waals surface area contributed by atoms with Gasteiger partial charge in [0.05, 0.1) is 30.1 Å². The molecule has 1 aliphatic rings. The quantitative estimate of drug-likeness (QED) is 0.719. The number of benzene rings is 1. The number of carbonyl (C=O) groups excluding carboxylic acids is 1. The van der Waals surface area contributed by atoms with Crippen LogP contribution in [0.3, 0.4) is 0 Å². The minimum atomic E-state index is -0.414. The summed E-state index contributed by atoms with van der Waals surface area (Å²) < 4.78 is 14.9. The number of anilines is 1. The lowest BCUT2D eigenvalue weighted by molar-refractivity contribution is -0.127. The van der Waals surface area contributed by atoms with E-state index in [9.17, 15) is 9.18 Å². The van der Waals surface area contributed by atoms with Crippen molar-refractivity contribution in [3.8, 4) is 0 Å². The molecule has 0 saturated heterocycles. The zero-order chi connectivity index (χ0) is 18.6. The van der Waals surface area contributed by atoms with Gasteiger partial charge in [0.2, 0.25) is 0 Å². The predicted molar refractivity (Wildman–Crippen MR) is 99.8 cm³/mol. The first-order valence-corrected chi connectivity index (χ1v) is 8.57. The molecule has 5 nitrogen and oxygen atoms in total. The number of rotatable bonds is 5. The van der Waals surface area contributed by atoms with Crippen LogP contribution in [0.5, 0.6) is 0 Å². The van der Waals surface area contributed by atoms with Crippen molar-refractivity contribution in [1.29, 1.82) is 0 Å². The number of hydrogen-bond donors (Lipinski definition) is 2. The standard InChI is InChI=1S/C18H21BrFN3O2/c1-5-8-23-10-14(18(24)22-25-4)17(11(2)12(23)3)21-16-7-6-13(19)9-15(16)20/h5-10,12,21H,1-4H3,(H,22,24)/b8-5-.